The average Bonchev–Trinajstić information content (AvgIpc) is 2.78. The summed E-state index contributed by atoms with van der Waals surface area (Å²) in [6.07, 6.45) is -0.0773. The van der Waals surface area contributed by atoms with E-state index in [0.29, 0.717) is 28.4 Å². The Bertz CT molecular complexity index is 916. The van der Waals surface area contributed by atoms with Gasteiger partial charge in [-0.25, -0.2) is 0 Å². The van der Waals surface area contributed by atoms with E-state index in [2.05, 4.69) is 0 Å². The van der Waals surface area contributed by atoms with Crippen molar-refractivity contribution in [2.75, 3.05) is 27.9 Å². The second kappa shape index (κ2) is 10.9. The molecule has 0 aliphatic carbocycles. The fourth-order valence-corrected chi connectivity index (χ4v) is 3.16. The molecule has 0 aliphatic rings. The first-order chi connectivity index (χ1) is 14.5. The van der Waals surface area contributed by atoms with Crippen LogP contribution in [0.15, 0.2) is 42.5 Å². The number of hydrogen-bond acceptors (Lipinski definition) is 7. The third-order valence-electron chi connectivity index (χ3n) is 4.74. The van der Waals surface area contributed by atoms with Crippen LogP contribution in [-0.2, 0) is 9.53 Å². The van der Waals surface area contributed by atoms with Gasteiger partial charge in [-0.05, 0) is 36.8 Å². The standard InChI is InChI=1S/C23H25NO6/c1-5-30-23(26)20(14-24)19(15-6-8-16(27-2)9-7-15)13-21(25)18-11-10-17(28-3)12-22(18)29-4/h6-12,19-20H,5,13H2,1-4H3. The van der Waals surface area contributed by atoms with E-state index in [0.717, 1.165) is 0 Å². The van der Waals surface area contributed by atoms with Gasteiger partial charge in [-0.2, -0.15) is 5.26 Å². The van der Waals surface area contributed by atoms with Gasteiger partial charge in [0.1, 0.15) is 17.2 Å². The Balaban J connectivity index is 2.42. The first kappa shape index (κ1) is 22.8. The molecule has 0 N–H and O–H groups in total. The zero-order chi connectivity index (χ0) is 22.1. The van der Waals surface area contributed by atoms with Crippen LogP contribution < -0.4 is 14.2 Å². The van der Waals surface area contributed by atoms with Gasteiger partial charge < -0.3 is 18.9 Å². The summed E-state index contributed by atoms with van der Waals surface area (Å²) < 4.78 is 20.7. The number of benzene rings is 2. The number of hydrogen-bond donors (Lipinski definition) is 0. The van der Waals surface area contributed by atoms with Gasteiger partial charge in [-0.1, -0.05) is 12.1 Å². The molecular formula is C23H25NO6. The predicted octanol–water partition coefficient (Wildman–Crippen LogP) is 3.77. The Morgan fingerprint density at radius 1 is 0.967 bits per heavy atom. The fraction of sp³-hybridized carbons (Fsp3) is 0.348. The molecule has 0 saturated carbocycles. The lowest BCUT2D eigenvalue weighted by Gasteiger charge is -2.21. The average molecular weight is 411 g/mol. The highest BCUT2D eigenvalue weighted by molar-refractivity contribution is 5.99. The molecule has 2 unspecified atom stereocenters. The molecule has 7 heteroatoms. The van der Waals surface area contributed by atoms with Crippen molar-refractivity contribution in [3.63, 3.8) is 0 Å². The number of carbonyl (C=O) groups excluding carboxylic acids is 2. The van der Waals surface area contributed by atoms with E-state index < -0.39 is 17.8 Å². The first-order valence-electron chi connectivity index (χ1n) is 9.44. The minimum Gasteiger partial charge on any atom is -0.497 e. The zero-order valence-electron chi connectivity index (χ0n) is 17.5. The highest BCUT2D eigenvalue weighted by Gasteiger charge is 2.33. The van der Waals surface area contributed by atoms with Gasteiger partial charge in [-0.3, -0.25) is 9.59 Å². The van der Waals surface area contributed by atoms with E-state index in [9.17, 15) is 14.9 Å². The molecule has 7 nitrogen and oxygen atoms in total. The van der Waals surface area contributed by atoms with Gasteiger partial charge in [0.25, 0.3) is 0 Å². The molecule has 0 radical (unpaired) electrons. The van der Waals surface area contributed by atoms with Crippen LogP contribution in [-0.4, -0.2) is 39.7 Å². The number of carbonyl (C=O) groups is 2. The summed E-state index contributed by atoms with van der Waals surface area (Å²) in [5, 5.41) is 9.68. The number of Topliss-reactive ketones (excluding diaryl/α,β-unsaturated/α-hetero) is 1. The van der Waals surface area contributed by atoms with Gasteiger partial charge in [0.15, 0.2) is 11.7 Å². The summed E-state index contributed by atoms with van der Waals surface area (Å²) in [5.74, 6) is -1.21. The molecule has 0 spiro atoms. The van der Waals surface area contributed by atoms with Crippen molar-refractivity contribution in [1.82, 2.24) is 0 Å². The second-order valence-electron chi connectivity index (χ2n) is 6.43. The largest absolute Gasteiger partial charge is 0.497 e. The van der Waals surface area contributed by atoms with Crippen molar-refractivity contribution in [2.45, 2.75) is 19.3 Å². The Morgan fingerprint density at radius 3 is 2.13 bits per heavy atom. The van der Waals surface area contributed by atoms with Gasteiger partial charge in [0.05, 0.1) is 39.6 Å². The maximum Gasteiger partial charge on any atom is 0.323 e. The van der Waals surface area contributed by atoms with E-state index in [1.54, 1.807) is 56.5 Å². The van der Waals surface area contributed by atoms with Gasteiger partial charge in [-0.15, -0.1) is 0 Å². The summed E-state index contributed by atoms with van der Waals surface area (Å²) in [4.78, 5) is 25.5. The van der Waals surface area contributed by atoms with Crippen LogP contribution in [0.4, 0.5) is 0 Å². The van der Waals surface area contributed by atoms with Crippen molar-refractivity contribution in [3.8, 4) is 23.3 Å². The van der Waals surface area contributed by atoms with Crippen LogP contribution in [0.3, 0.4) is 0 Å². The fourth-order valence-electron chi connectivity index (χ4n) is 3.16. The summed E-state index contributed by atoms with van der Waals surface area (Å²) in [6, 6.07) is 13.8. The normalized spacial score (nSPS) is 12.2. The van der Waals surface area contributed by atoms with Crippen molar-refractivity contribution in [2.24, 2.45) is 5.92 Å². The predicted molar refractivity (Wildman–Crippen MR) is 110 cm³/mol. The van der Waals surface area contributed by atoms with Crippen LogP contribution in [0.2, 0.25) is 0 Å². The Kier molecular flexibility index (Phi) is 8.24. The van der Waals surface area contributed by atoms with Crippen molar-refractivity contribution >= 4 is 11.8 Å². The summed E-state index contributed by atoms with van der Waals surface area (Å²) in [6.45, 7) is 1.81. The molecule has 2 aromatic carbocycles. The third kappa shape index (κ3) is 5.29. The topological polar surface area (TPSA) is 94.9 Å². The minimum atomic E-state index is -1.13. The van der Waals surface area contributed by atoms with E-state index in [4.69, 9.17) is 18.9 Å². The summed E-state index contributed by atoms with van der Waals surface area (Å²) in [7, 11) is 4.53. The van der Waals surface area contributed by atoms with E-state index in [1.165, 1.54) is 14.2 Å². The van der Waals surface area contributed by atoms with Crippen molar-refractivity contribution < 1.29 is 28.5 Å². The lowest BCUT2D eigenvalue weighted by Crippen LogP contribution is -2.25. The van der Waals surface area contributed by atoms with E-state index in [-0.39, 0.29) is 18.8 Å². The van der Waals surface area contributed by atoms with Gasteiger partial charge in [0, 0.05) is 18.4 Å². The molecule has 2 atom stereocenters. The zero-order valence-corrected chi connectivity index (χ0v) is 17.5. The van der Waals surface area contributed by atoms with E-state index in [1.807, 2.05) is 6.07 Å². The highest BCUT2D eigenvalue weighted by atomic mass is 16.5. The molecule has 2 aromatic rings. The molecule has 2 rings (SSSR count). The molecule has 0 heterocycles. The number of rotatable bonds is 10. The van der Waals surface area contributed by atoms with Gasteiger partial charge >= 0.3 is 5.97 Å². The number of nitriles is 1. The maximum absolute atomic E-state index is 13.1. The first-order valence-corrected chi connectivity index (χ1v) is 9.44. The minimum absolute atomic E-state index is 0.0773. The Labute approximate surface area is 176 Å². The highest BCUT2D eigenvalue weighted by Crippen LogP contribution is 2.34. The van der Waals surface area contributed by atoms with Crippen LogP contribution >= 0.6 is 0 Å². The number of ether oxygens (including phenoxy) is 4. The molecule has 0 saturated heterocycles. The van der Waals surface area contributed by atoms with Crippen LogP contribution in [0.5, 0.6) is 17.2 Å². The number of ketones is 1. The molecule has 0 fully saturated rings. The van der Waals surface area contributed by atoms with Gasteiger partial charge in [0.2, 0.25) is 0 Å². The third-order valence-corrected chi connectivity index (χ3v) is 4.74. The molecule has 0 aliphatic heterocycles. The molecule has 30 heavy (non-hydrogen) atoms. The molecule has 0 amide bonds. The summed E-state index contributed by atoms with van der Waals surface area (Å²) >= 11 is 0. The lowest BCUT2D eigenvalue weighted by atomic mass is 9.82. The Morgan fingerprint density at radius 2 is 1.60 bits per heavy atom. The summed E-state index contributed by atoms with van der Waals surface area (Å²) in [5.41, 5.74) is 1.01. The lowest BCUT2D eigenvalue weighted by molar-refractivity contribution is -0.146. The number of esters is 1. The smallest absolute Gasteiger partial charge is 0.323 e. The molecule has 0 bridgehead atoms. The molecular weight excluding hydrogens is 386 g/mol. The Hall–Kier alpha value is -3.53. The van der Waals surface area contributed by atoms with Crippen LogP contribution in [0.25, 0.3) is 0 Å². The number of methoxy groups -OCH3 is 3. The van der Waals surface area contributed by atoms with Crippen LogP contribution in [0.1, 0.15) is 35.2 Å². The quantitative estimate of drug-likeness (QED) is 0.434. The number of nitrogens with zero attached hydrogens (tertiary/aromatic N) is 1. The van der Waals surface area contributed by atoms with Crippen LogP contribution in [0, 0.1) is 17.2 Å². The molecule has 158 valence electrons. The van der Waals surface area contributed by atoms with Crippen molar-refractivity contribution in [1.29, 1.82) is 5.26 Å². The second-order valence-corrected chi connectivity index (χ2v) is 6.43. The van der Waals surface area contributed by atoms with Crippen molar-refractivity contribution in [3.05, 3.63) is 53.6 Å². The monoisotopic (exact) mass is 411 g/mol. The SMILES string of the molecule is CCOC(=O)C(C#N)C(CC(=O)c1ccc(OC)cc1OC)c1ccc(OC)cc1. The van der Waals surface area contributed by atoms with E-state index >= 15 is 0 Å². The maximum atomic E-state index is 13.1. The molecule has 0 aromatic heterocycles.